The van der Waals surface area contributed by atoms with E-state index in [1.54, 1.807) is 6.92 Å². The maximum absolute atomic E-state index is 10.8. The Morgan fingerprint density at radius 3 is 2.62 bits per heavy atom. The summed E-state index contributed by atoms with van der Waals surface area (Å²) in [6.45, 7) is 2.56. The van der Waals surface area contributed by atoms with E-state index in [2.05, 4.69) is 0 Å². The monoisotopic (exact) mass is 186 g/mol. The van der Waals surface area contributed by atoms with Crippen molar-refractivity contribution in [2.24, 2.45) is 5.73 Å². The first kappa shape index (κ1) is 9.98. The van der Waals surface area contributed by atoms with Crippen LogP contribution in [0.2, 0.25) is 0 Å². The zero-order valence-corrected chi connectivity index (χ0v) is 7.56. The quantitative estimate of drug-likeness (QED) is 0.614. The molecule has 5 heteroatoms. The second-order valence-corrected chi connectivity index (χ2v) is 3.39. The van der Waals surface area contributed by atoms with Gasteiger partial charge in [-0.05, 0) is 13.3 Å². The van der Waals surface area contributed by atoms with E-state index in [4.69, 9.17) is 10.8 Å². The molecule has 0 aromatic rings. The minimum absolute atomic E-state index is 0.0593. The van der Waals surface area contributed by atoms with Gasteiger partial charge in [-0.15, -0.1) is 0 Å². The predicted molar refractivity (Wildman–Crippen MR) is 46.0 cm³/mol. The summed E-state index contributed by atoms with van der Waals surface area (Å²) in [6, 6.07) is -0.363. The first-order valence-corrected chi connectivity index (χ1v) is 4.29. The second kappa shape index (κ2) is 3.74. The van der Waals surface area contributed by atoms with Crippen molar-refractivity contribution >= 4 is 11.9 Å². The van der Waals surface area contributed by atoms with Crippen LogP contribution in [0.5, 0.6) is 0 Å². The summed E-state index contributed by atoms with van der Waals surface area (Å²) in [4.78, 5) is 23.0. The molecule has 1 heterocycles. The summed E-state index contributed by atoms with van der Waals surface area (Å²) in [7, 11) is 0. The molecule has 0 saturated carbocycles. The standard InChI is InChI=1S/C8H14N2O3/c1-5(4-7(11)12)10-3-2-6(10)8(9)13/h5-6H,2-4H2,1H3,(H2,9,13)(H,11,12). The molecule has 2 atom stereocenters. The van der Waals surface area contributed by atoms with Gasteiger partial charge < -0.3 is 10.8 Å². The van der Waals surface area contributed by atoms with Crippen molar-refractivity contribution in [3.63, 3.8) is 0 Å². The van der Waals surface area contributed by atoms with Crippen molar-refractivity contribution in [1.29, 1.82) is 0 Å². The molecule has 0 aromatic heterocycles. The average Bonchev–Trinajstić information content (AvgIpc) is 1.79. The molecule has 0 bridgehead atoms. The molecular formula is C8H14N2O3. The van der Waals surface area contributed by atoms with Gasteiger partial charge in [0.25, 0.3) is 0 Å². The van der Waals surface area contributed by atoms with E-state index in [0.717, 1.165) is 13.0 Å². The molecular weight excluding hydrogens is 172 g/mol. The fourth-order valence-electron chi connectivity index (χ4n) is 1.61. The highest BCUT2D eigenvalue weighted by Gasteiger charge is 2.36. The summed E-state index contributed by atoms with van der Waals surface area (Å²) in [5.74, 6) is -1.20. The van der Waals surface area contributed by atoms with Crippen molar-refractivity contribution in [2.45, 2.75) is 31.8 Å². The van der Waals surface area contributed by atoms with Crippen LogP contribution in [0.25, 0.3) is 0 Å². The van der Waals surface area contributed by atoms with E-state index in [1.807, 2.05) is 4.90 Å². The lowest BCUT2D eigenvalue weighted by Crippen LogP contribution is -2.58. The van der Waals surface area contributed by atoms with Crippen molar-refractivity contribution in [3.05, 3.63) is 0 Å². The topological polar surface area (TPSA) is 83.6 Å². The Morgan fingerprint density at radius 1 is 1.69 bits per heavy atom. The van der Waals surface area contributed by atoms with Gasteiger partial charge in [-0.25, -0.2) is 0 Å². The molecule has 3 N–H and O–H groups in total. The highest BCUT2D eigenvalue weighted by atomic mass is 16.4. The summed E-state index contributed by atoms with van der Waals surface area (Å²) >= 11 is 0. The van der Waals surface area contributed by atoms with Gasteiger partial charge in [-0.1, -0.05) is 0 Å². The fraction of sp³-hybridized carbons (Fsp3) is 0.750. The van der Waals surface area contributed by atoms with Gasteiger partial charge in [0.2, 0.25) is 5.91 Å². The maximum atomic E-state index is 10.8. The van der Waals surface area contributed by atoms with Gasteiger partial charge in [-0.2, -0.15) is 0 Å². The third-order valence-electron chi connectivity index (χ3n) is 2.43. The average molecular weight is 186 g/mol. The molecule has 2 unspecified atom stereocenters. The molecule has 0 aromatic carbocycles. The van der Waals surface area contributed by atoms with Crippen LogP contribution < -0.4 is 5.73 Å². The molecule has 1 saturated heterocycles. The molecule has 1 aliphatic heterocycles. The number of hydrogen-bond donors (Lipinski definition) is 2. The number of rotatable bonds is 4. The lowest BCUT2D eigenvalue weighted by atomic mass is 9.98. The van der Waals surface area contributed by atoms with E-state index in [-0.39, 0.29) is 24.4 Å². The minimum atomic E-state index is -0.845. The van der Waals surface area contributed by atoms with Crippen LogP contribution in [0.4, 0.5) is 0 Å². The number of aliphatic carboxylic acids is 1. The molecule has 5 nitrogen and oxygen atoms in total. The van der Waals surface area contributed by atoms with Gasteiger partial charge in [0.1, 0.15) is 0 Å². The summed E-state index contributed by atoms with van der Waals surface area (Å²) in [5.41, 5.74) is 5.13. The van der Waals surface area contributed by atoms with E-state index >= 15 is 0 Å². The van der Waals surface area contributed by atoms with Crippen molar-refractivity contribution in [3.8, 4) is 0 Å². The first-order valence-electron chi connectivity index (χ1n) is 4.29. The summed E-state index contributed by atoms with van der Waals surface area (Å²) in [6.07, 6.45) is 0.809. The van der Waals surface area contributed by atoms with Crippen LogP contribution in [0.15, 0.2) is 0 Å². The van der Waals surface area contributed by atoms with Crippen LogP contribution in [-0.2, 0) is 9.59 Å². The maximum Gasteiger partial charge on any atom is 0.304 e. The van der Waals surface area contributed by atoms with Gasteiger partial charge in [-0.3, -0.25) is 14.5 Å². The number of carboxylic acid groups (broad SMARTS) is 1. The molecule has 0 spiro atoms. The smallest absolute Gasteiger partial charge is 0.304 e. The largest absolute Gasteiger partial charge is 0.481 e. The van der Waals surface area contributed by atoms with Crippen LogP contribution in [0.1, 0.15) is 19.8 Å². The van der Waals surface area contributed by atoms with Gasteiger partial charge >= 0.3 is 5.97 Å². The number of hydrogen-bond acceptors (Lipinski definition) is 3. The van der Waals surface area contributed by atoms with E-state index in [0.29, 0.717) is 0 Å². The van der Waals surface area contributed by atoms with E-state index in [1.165, 1.54) is 0 Å². The van der Waals surface area contributed by atoms with Crippen LogP contribution in [-0.4, -0.2) is 40.5 Å². The minimum Gasteiger partial charge on any atom is -0.481 e. The third kappa shape index (κ3) is 2.18. The molecule has 0 radical (unpaired) electrons. The number of nitrogens with zero attached hydrogens (tertiary/aromatic N) is 1. The fourth-order valence-corrected chi connectivity index (χ4v) is 1.61. The lowest BCUT2D eigenvalue weighted by Gasteiger charge is -2.42. The molecule has 0 aliphatic carbocycles. The number of likely N-dealkylation sites (tertiary alicyclic amines) is 1. The number of carbonyl (C=O) groups excluding carboxylic acids is 1. The van der Waals surface area contributed by atoms with Crippen LogP contribution in [0.3, 0.4) is 0 Å². The van der Waals surface area contributed by atoms with Gasteiger partial charge in [0.05, 0.1) is 12.5 Å². The molecule has 74 valence electrons. The zero-order valence-electron chi connectivity index (χ0n) is 7.56. The van der Waals surface area contributed by atoms with Crippen molar-refractivity contribution in [2.75, 3.05) is 6.54 Å². The SMILES string of the molecule is CC(CC(=O)O)N1CCC1C(N)=O. The first-order chi connectivity index (χ1) is 6.02. The van der Waals surface area contributed by atoms with Crippen molar-refractivity contribution in [1.82, 2.24) is 4.90 Å². The molecule has 13 heavy (non-hydrogen) atoms. The molecule has 1 amide bonds. The Kier molecular flexibility index (Phi) is 2.87. The number of primary amides is 1. The predicted octanol–water partition coefficient (Wildman–Crippen LogP) is -0.591. The number of carboxylic acids is 1. The Labute approximate surface area is 76.5 Å². The number of carbonyl (C=O) groups is 2. The number of amides is 1. The highest BCUT2D eigenvalue weighted by Crippen LogP contribution is 2.21. The van der Waals surface area contributed by atoms with Crippen LogP contribution >= 0.6 is 0 Å². The molecule has 1 fully saturated rings. The normalized spacial score (nSPS) is 24.8. The van der Waals surface area contributed by atoms with Gasteiger partial charge in [0, 0.05) is 12.6 Å². The lowest BCUT2D eigenvalue weighted by molar-refractivity contribution is -0.141. The Morgan fingerprint density at radius 2 is 2.31 bits per heavy atom. The Bertz CT molecular complexity index is 229. The molecule has 1 rings (SSSR count). The third-order valence-corrected chi connectivity index (χ3v) is 2.43. The van der Waals surface area contributed by atoms with E-state index in [9.17, 15) is 9.59 Å². The van der Waals surface area contributed by atoms with Crippen molar-refractivity contribution < 1.29 is 14.7 Å². The molecule has 1 aliphatic rings. The highest BCUT2D eigenvalue weighted by molar-refractivity contribution is 5.81. The van der Waals surface area contributed by atoms with E-state index < -0.39 is 5.97 Å². The van der Waals surface area contributed by atoms with Crippen LogP contribution in [0, 0.1) is 0 Å². The summed E-state index contributed by atoms with van der Waals surface area (Å²) < 4.78 is 0. The van der Waals surface area contributed by atoms with Gasteiger partial charge in [0.15, 0.2) is 0 Å². The number of nitrogens with two attached hydrogens (primary N) is 1. The summed E-state index contributed by atoms with van der Waals surface area (Å²) in [5, 5.41) is 8.53. The zero-order chi connectivity index (χ0) is 10.0. The Balaban J connectivity index is 2.44. The Hall–Kier alpha value is -1.10. The second-order valence-electron chi connectivity index (χ2n) is 3.39.